The minimum Gasteiger partial charge on any atom is -0.354 e. The number of hydrogen-bond donors (Lipinski definition) is 1. The lowest BCUT2D eigenvalue weighted by Crippen LogP contribution is -2.24. The van der Waals surface area contributed by atoms with Gasteiger partial charge in [0.15, 0.2) is 0 Å². The highest BCUT2D eigenvalue weighted by Crippen LogP contribution is 2.26. The molecule has 0 unspecified atom stereocenters. The first kappa shape index (κ1) is 16.7. The van der Waals surface area contributed by atoms with E-state index >= 15 is 0 Å². The van der Waals surface area contributed by atoms with E-state index in [0.717, 1.165) is 11.4 Å². The summed E-state index contributed by atoms with van der Waals surface area (Å²) in [5.74, 6) is 0.556. The quantitative estimate of drug-likeness (QED) is 0.837. The monoisotopic (exact) mass is 346 g/mol. The van der Waals surface area contributed by atoms with Gasteiger partial charge in [0.2, 0.25) is 0 Å². The molecule has 1 atom stereocenters. The fourth-order valence-electron chi connectivity index (χ4n) is 2.55. The van der Waals surface area contributed by atoms with Crippen LogP contribution in [0.4, 0.5) is 10.2 Å². The van der Waals surface area contributed by atoms with Gasteiger partial charge in [0.05, 0.1) is 11.4 Å². The van der Waals surface area contributed by atoms with Gasteiger partial charge in [-0.05, 0) is 18.6 Å². The van der Waals surface area contributed by atoms with Gasteiger partial charge in [-0.1, -0.05) is 24.9 Å². The Balaban J connectivity index is 1.82. The topological polar surface area (TPSA) is 57.6 Å². The summed E-state index contributed by atoms with van der Waals surface area (Å²) in [7, 11) is 0. The van der Waals surface area contributed by atoms with Crippen molar-refractivity contribution in [3.63, 3.8) is 0 Å². The number of nitrogens with zero attached hydrogens (tertiary/aromatic N) is 3. The smallest absolute Gasteiger partial charge is 0.257 e. The highest BCUT2D eigenvalue weighted by atomic mass is 32.2. The van der Waals surface area contributed by atoms with Crippen LogP contribution in [0.15, 0.2) is 47.1 Å². The maximum absolute atomic E-state index is 13.3. The molecular formula is C17H19FN4OS. The molecule has 3 rings (SSSR count). The summed E-state index contributed by atoms with van der Waals surface area (Å²) in [6.07, 6.45) is 2.04. The predicted molar refractivity (Wildman–Crippen MR) is 96.0 cm³/mol. The zero-order chi connectivity index (χ0) is 17.1. The number of aromatic nitrogens is 1. The molecule has 2 aliphatic heterocycles. The zero-order valence-corrected chi connectivity index (χ0v) is 14.1. The molecule has 1 saturated heterocycles. The lowest BCUT2D eigenvalue weighted by Gasteiger charge is -2.16. The number of aliphatic imine (C=N–C) groups is 1. The molecule has 1 amide bonds. The zero-order valence-electron chi connectivity index (χ0n) is 13.3. The molecule has 0 aliphatic carbocycles. The van der Waals surface area contributed by atoms with Crippen LogP contribution in [-0.2, 0) is 4.79 Å². The second-order valence-corrected chi connectivity index (χ2v) is 6.83. The lowest BCUT2D eigenvalue weighted by molar-refractivity contribution is -0.116. The largest absolute Gasteiger partial charge is 0.354 e. The Labute approximate surface area is 144 Å². The molecule has 2 aliphatic rings. The van der Waals surface area contributed by atoms with Gasteiger partial charge >= 0.3 is 0 Å². The molecule has 0 bridgehead atoms. The van der Waals surface area contributed by atoms with Crippen molar-refractivity contribution in [2.24, 2.45) is 4.99 Å². The highest BCUT2D eigenvalue weighted by Gasteiger charge is 2.23. The van der Waals surface area contributed by atoms with Gasteiger partial charge in [0.1, 0.15) is 17.0 Å². The first-order chi connectivity index (χ1) is 11.5. The normalized spacial score (nSPS) is 22.5. The van der Waals surface area contributed by atoms with Gasteiger partial charge in [-0.15, -0.1) is 0 Å². The van der Waals surface area contributed by atoms with E-state index in [4.69, 9.17) is 0 Å². The predicted octanol–water partition coefficient (Wildman–Crippen LogP) is 2.66. The van der Waals surface area contributed by atoms with Crippen LogP contribution in [0.3, 0.4) is 0 Å². The molecule has 5 nitrogen and oxygen atoms in total. The van der Waals surface area contributed by atoms with Crippen molar-refractivity contribution in [3.8, 4) is 0 Å². The molecule has 0 spiro atoms. The number of anilines is 1. The maximum Gasteiger partial charge on any atom is 0.257 e. The lowest BCUT2D eigenvalue weighted by atomic mass is 10.3. The van der Waals surface area contributed by atoms with Gasteiger partial charge in [0.25, 0.3) is 5.91 Å². The van der Waals surface area contributed by atoms with Gasteiger partial charge in [-0.2, -0.15) is 0 Å². The molecule has 0 saturated carbocycles. The molecule has 1 N–H and O–H groups in total. The Morgan fingerprint density at radius 2 is 2.21 bits per heavy atom. The maximum atomic E-state index is 13.3. The fraction of sp³-hybridized carbons (Fsp3) is 0.353. The van der Waals surface area contributed by atoms with Crippen LogP contribution in [0.2, 0.25) is 0 Å². The number of rotatable bonds is 2. The second kappa shape index (κ2) is 7.17. The van der Waals surface area contributed by atoms with Crippen molar-refractivity contribution in [2.45, 2.75) is 19.0 Å². The van der Waals surface area contributed by atoms with E-state index in [2.05, 4.69) is 28.5 Å². The molecule has 24 heavy (non-hydrogen) atoms. The van der Waals surface area contributed by atoms with E-state index < -0.39 is 6.17 Å². The number of carbonyl (C=O) groups excluding carboxylic acids is 1. The van der Waals surface area contributed by atoms with Crippen LogP contribution < -0.4 is 10.2 Å². The third kappa shape index (κ3) is 3.84. The molecule has 7 heteroatoms. The van der Waals surface area contributed by atoms with Crippen LogP contribution in [0.1, 0.15) is 18.4 Å². The Morgan fingerprint density at radius 3 is 2.88 bits per heavy atom. The highest BCUT2D eigenvalue weighted by molar-refractivity contribution is 8.18. The SMILES string of the molecule is C=C1CCNC(=O)C(=C)SC(c2ccc(N3CC[C@H](F)C3)nc2)=N1. The van der Waals surface area contributed by atoms with Gasteiger partial charge in [0, 0.05) is 37.0 Å². The molecule has 1 aromatic heterocycles. The number of carbonyl (C=O) groups is 1. The summed E-state index contributed by atoms with van der Waals surface area (Å²) in [5, 5.41) is 3.42. The average Bonchev–Trinajstić information content (AvgIpc) is 3.01. The van der Waals surface area contributed by atoms with Crippen LogP contribution in [-0.4, -0.2) is 41.7 Å². The minimum absolute atomic E-state index is 0.196. The Kier molecular flexibility index (Phi) is 4.99. The molecule has 126 valence electrons. The standard InChI is InChI=1S/C17H19FN4OS/c1-11-5-7-19-16(23)12(2)24-17(21-11)13-3-4-15(20-9-13)22-8-6-14(18)10-22/h3-4,9,14H,1-2,5-8,10H2,(H,19,23)/t14-/m0/s1. The van der Waals surface area contributed by atoms with Gasteiger partial charge in [-0.3, -0.25) is 4.79 Å². The molecule has 1 fully saturated rings. The van der Waals surface area contributed by atoms with Crippen molar-refractivity contribution in [1.29, 1.82) is 0 Å². The van der Waals surface area contributed by atoms with Gasteiger partial charge in [-0.25, -0.2) is 14.4 Å². The van der Waals surface area contributed by atoms with Gasteiger partial charge < -0.3 is 10.2 Å². The summed E-state index contributed by atoms with van der Waals surface area (Å²) in [5.41, 5.74) is 1.48. The van der Waals surface area contributed by atoms with E-state index in [1.54, 1.807) is 6.20 Å². The van der Waals surface area contributed by atoms with E-state index in [0.29, 0.717) is 48.1 Å². The second-order valence-electron chi connectivity index (χ2n) is 5.75. The first-order valence-corrected chi connectivity index (χ1v) is 8.61. The third-order valence-electron chi connectivity index (χ3n) is 3.88. The number of halogens is 1. The summed E-state index contributed by atoms with van der Waals surface area (Å²) in [6.45, 7) is 9.27. The average molecular weight is 346 g/mol. The number of amides is 1. The molecule has 0 aromatic carbocycles. The van der Waals surface area contributed by atoms with Crippen molar-refractivity contribution >= 4 is 28.5 Å². The fourth-order valence-corrected chi connectivity index (χ4v) is 3.36. The number of thioether (sulfide) groups is 1. The Bertz CT molecular complexity index is 701. The minimum atomic E-state index is -0.786. The van der Waals surface area contributed by atoms with Crippen LogP contribution >= 0.6 is 11.8 Å². The van der Waals surface area contributed by atoms with Crippen LogP contribution in [0.5, 0.6) is 0 Å². The summed E-state index contributed by atoms with van der Waals surface area (Å²) >= 11 is 1.21. The van der Waals surface area contributed by atoms with Crippen molar-refractivity contribution < 1.29 is 9.18 Å². The number of pyridine rings is 1. The molecule has 3 heterocycles. The number of hydrogen-bond acceptors (Lipinski definition) is 5. The van der Waals surface area contributed by atoms with E-state index in [9.17, 15) is 9.18 Å². The van der Waals surface area contributed by atoms with E-state index in [-0.39, 0.29) is 5.91 Å². The summed E-state index contributed by atoms with van der Waals surface area (Å²) in [6, 6.07) is 3.74. The van der Waals surface area contributed by atoms with Crippen LogP contribution in [0.25, 0.3) is 0 Å². The Morgan fingerprint density at radius 1 is 1.38 bits per heavy atom. The van der Waals surface area contributed by atoms with E-state index in [1.807, 2.05) is 17.0 Å². The van der Waals surface area contributed by atoms with Crippen molar-refractivity contribution in [2.75, 3.05) is 24.5 Å². The molecular weight excluding hydrogens is 327 g/mol. The molecule has 1 aromatic rings. The first-order valence-electron chi connectivity index (χ1n) is 7.80. The Hall–Kier alpha value is -2.15. The van der Waals surface area contributed by atoms with Crippen molar-refractivity contribution in [1.82, 2.24) is 10.3 Å². The third-order valence-corrected chi connectivity index (χ3v) is 4.83. The van der Waals surface area contributed by atoms with Crippen LogP contribution in [0, 0.1) is 0 Å². The van der Waals surface area contributed by atoms with E-state index in [1.165, 1.54) is 11.8 Å². The molecule has 0 radical (unpaired) electrons. The summed E-state index contributed by atoms with van der Waals surface area (Å²) in [4.78, 5) is 23.1. The number of alkyl halides is 1. The number of nitrogens with one attached hydrogen (secondary N) is 1. The van der Waals surface area contributed by atoms with Crippen molar-refractivity contribution in [3.05, 3.63) is 47.7 Å². The summed E-state index contributed by atoms with van der Waals surface area (Å²) < 4.78 is 13.3.